The first kappa shape index (κ1) is 18.9. The third-order valence-corrected chi connectivity index (χ3v) is 4.42. The van der Waals surface area contributed by atoms with Crippen LogP contribution in [0.2, 0.25) is 0 Å². The topological polar surface area (TPSA) is 117 Å². The number of amides is 2. The van der Waals surface area contributed by atoms with E-state index in [0.29, 0.717) is 38.7 Å². The number of carbonyl (C=O) groups is 2. The number of carbonyl (C=O) groups excluding carboxylic acids is 2. The lowest BCUT2D eigenvalue weighted by Crippen LogP contribution is -2.56. The molecule has 1 fully saturated rings. The third kappa shape index (κ3) is 5.07. The van der Waals surface area contributed by atoms with Crippen molar-refractivity contribution in [2.24, 2.45) is 7.05 Å². The van der Waals surface area contributed by atoms with E-state index in [4.69, 9.17) is 4.42 Å². The Morgan fingerprint density at radius 1 is 1.41 bits per heavy atom. The van der Waals surface area contributed by atoms with Gasteiger partial charge in [-0.1, -0.05) is 0 Å². The Balaban J connectivity index is 1.47. The first-order chi connectivity index (χ1) is 13.0. The highest BCUT2D eigenvalue weighted by atomic mass is 16.3. The van der Waals surface area contributed by atoms with E-state index in [-0.39, 0.29) is 18.2 Å². The monoisotopic (exact) mass is 375 g/mol. The van der Waals surface area contributed by atoms with Crippen molar-refractivity contribution in [3.05, 3.63) is 30.0 Å². The summed E-state index contributed by atoms with van der Waals surface area (Å²) in [5.74, 6) is 1.96. The number of anilines is 1. The summed E-state index contributed by atoms with van der Waals surface area (Å²) in [6.07, 6.45) is 1.56. The van der Waals surface area contributed by atoms with Crippen LogP contribution in [0.25, 0.3) is 0 Å². The van der Waals surface area contributed by atoms with Gasteiger partial charge in [-0.25, -0.2) is 4.68 Å². The summed E-state index contributed by atoms with van der Waals surface area (Å²) >= 11 is 0. The largest absolute Gasteiger partial charge is 0.465 e. The molecule has 0 aromatic carbocycles. The van der Waals surface area contributed by atoms with E-state index in [1.54, 1.807) is 11.7 Å². The Morgan fingerprint density at radius 3 is 2.96 bits per heavy atom. The average Bonchev–Trinajstić information content (AvgIpc) is 3.23. The highest BCUT2D eigenvalue weighted by Crippen LogP contribution is 2.15. The van der Waals surface area contributed by atoms with Crippen LogP contribution in [0.5, 0.6) is 0 Å². The Morgan fingerprint density at radius 2 is 2.26 bits per heavy atom. The molecule has 0 spiro atoms. The van der Waals surface area contributed by atoms with Gasteiger partial charge in [-0.3, -0.25) is 14.5 Å². The molecular formula is C17H25N7O3. The fourth-order valence-electron chi connectivity index (χ4n) is 3.02. The molecule has 146 valence electrons. The van der Waals surface area contributed by atoms with Crippen molar-refractivity contribution in [1.82, 2.24) is 30.3 Å². The van der Waals surface area contributed by atoms with Gasteiger partial charge in [0.2, 0.25) is 17.8 Å². The van der Waals surface area contributed by atoms with Crippen LogP contribution in [-0.4, -0.2) is 63.7 Å². The predicted octanol–water partition coefficient (Wildman–Crippen LogP) is -0.365. The zero-order valence-corrected chi connectivity index (χ0v) is 15.6. The second kappa shape index (κ2) is 8.67. The van der Waals surface area contributed by atoms with Crippen LogP contribution in [0.15, 0.2) is 22.9 Å². The lowest BCUT2D eigenvalue weighted by atomic mass is 10.1. The molecule has 3 heterocycles. The zero-order chi connectivity index (χ0) is 19.2. The standard InChI is InChI=1S/C17H25N7O3/c1-12-3-4-13(27-12)10-24-8-7-19-16(26)14(24)9-15(25)18-5-6-20-17-21-11-22-23(17)2/h3-4,11,14H,5-10H2,1-2H3,(H,18,25)(H,19,26)(H,20,21,22). The van der Waals surface area contributed by atoms with E-state index in [0.717, 1.165) is 11.5 Å². The van der Waals surface area contributed by atoms with Gasteiger partial charge in [0.15, 0.2) is 0 Å². The molecule has 1 aliphatic rings. The van der Waals surface area contributed by atoms with E-state index in [2.05, 4.69) is 26.0 Å². The van der Waals surface area contributed by atoms with E-state index in [1.165, 1.54) is 6.33 Å². The second-order valence-electron chi connectivity index (χ2n) is 6.48. The van der Waals surface area contributed by atoms with E-state index in [1.807, 2.05) is 24.0 Å². The lowest BCUT2D eigenvalue weighted by molar-refractivity contribution is -0.134. The Kier molecular flexibility index (Phi) is 6.07. The fraction of sp³-hybridized carbons (Fsp3) is 0.529. The molecule has 10 nitrogen and oxygen atoms in total. The Hall–Kier alpha value is -2.88. The van der Waals surface area contributed by atoms with Crippen molar-refractivity contribution in [3.63, 3.8) is 0 Å². The van der Waals surface area contributed by atoms with Crippen molar-refractivity contribution < 1.29 is 14.0 Å². The minimum absolute atomic E-state index is 0.107. The van der Waals surface area contributed by atoms with Crippen LogP contribution in [0.4, 0.5) is 5.95 Å². The molecule has 3 rings (SSSR count). The number of hydrogen-bond donors (Lipinski definition) is 3. The lowest BCUT2D eigenvalue weighted by Gasteiger charge is -2.34. The van der Waals surface area contributed by atoms with Gasteiger partial charge < -0.3 is 20.4 Å². The van der Waals surface area contributed by atoms with Gasteiger partial charge in [0.1, 0.15) is 17.8 Å². The van der Waals surface area contributed by atoms with Crippen molar-refractivity contribution in [3.8, 4) is 0 Å². The summed E-state index contributed by atoms with van der Waals surface area (Å²) in [6, 6.07) is 3.29. The van der Waals surface area contributed by atoms with E-state index in [9.17, 15) is 9.59 Å². The fourth-order valence-corrected chi connectivity index (χ4v) is 3.02. The van der Waals surface area contributed by atoms with Gasteiger partial charge in [0.05, 0.1) is 19.0 Å². The second-order valence-corrected chi connectivity index (χ2v) is 6.48. The molecule has 1 saturated heterocycles. The molecule has 0 bridgehead atoms. The van der Waals surface area contributed by atoms with Gasteiger partial charge in [-0.2, -0.15) is 10.1 Å². The van der Waals surface area contributed by atoms with Gasteiger partial charge in [0, 0.05) is 33.2 Å². The van der Waals surface area contributed by atoms with Crippen molar-refractivity contribution in [2.45, 2.75) is 25.9 Å². The maximum atomic E-state index is 12.3. The zero-order valence-electron chi connectivity index (χ0n) is 15.6. The van der Waals surface area contributed by atoms with E-state index < -0.39 is 6.04 Å². The molecule has 2 aromatic rings. The Bertz CT molecular complexity index is 785. The van der Waals surface area contributed by atoms with Crippen LogP contribution in [0.1, 0.15) is 17.9 Å². The molecule has 2 aromatic heterocycles. The van der Waals surface area contributed by atoms with Crippen LogP contribution < -0.4 is 16.0 Å². The van der Waals surface area contributed by atoms with Crippen LogP contribution >= 0.6 is 0 Å². The number of hydrogen-bond acceptors (Lipinski definition) is 7. The Labute approximate surface area is 157 Å². The quantitative estimate of drug-likeness (QED) is 0.539. The molecule has 2 amide bonds. The average molecular weight is 375 g/mol. The molecule has 0 radical (unpaired) electrons. The number of aromatic nitrogens is 3. The summed E-state index contributed by atoms with van der Waals surface area (Å²) in [4.78, 5) is 30.6. The molecule has 0 saturated carbocycles. The van der Waals surface area contributed by atoms with Gasteiger partial charge in [-0.15, -0.1) is 0 Å². The first-order valence-electron chi connectivity index (χ1n) is 8.94. The molecule has 1 aliphatic heterocycles. The minimum atomic E-state index is -0.504. The number of furan rings is 1. The number of piperazine rings is 1. The molecule has 1 unspecified atom stereocenters. The van der Waals surface area contributed by atoms with Crippen molar-refractivity contribution in [2.75, 3.05) is 31.5 Å². The number of rotatable bonds is 8. The number of nitrogens with one attached hydrogen (secondary N) is 3. The predicted molar refractivity (Wildman–Crippen MR) is 97.8 cm³/mol. The number of nitrogens with zero attached hydrogens (tertiary/aromatic N) is 4. The first-order valence-corrected chi connectivity index (χ1v) is 8.94. The van der Waals surface area contributed by atoms with Crippen molar-refractivity contribution >= 4 is 17.8 Å². The molecule has 3 N–H and O–H groups in total. The SMILES string of the molecule is Cc1ccc(CN2CCNC(=O)C2CC(=O)NCCNc2ncnn2C)o1. The summed E-state index contributed by atoms with van der Waals surface area (Å²) in [5, 5.41) is 12.7. The maximum Gasteiger partial charge on any atom is 0.237 e. The summed E-state index contributed by atoms with van der Waals surface area (Å²) in [5.41, 5.74) is 0. The summed E-state index contributed by atoms with van der Waals surface area (Å²) in [6.45, 7) is 4.58. The number of aryl methyl sites for hydroxylation is 2. The van der Waals surface area contributed by atoms with Gasteiger partial charge >= 0.3 is 0 Å². The minimum Gasteiger partial charge on any atom is -0.465 e. The van der Waals surface area contributed by atoms with E-state index >= 15 is 0 Å². The van der Waals surface area contributed by atoms with Gasteiger partial charge in [-0.05, 0) is 19.1 Å². The van der Waals surface area contributed by atoms with Crippen LogP contribution in [0, 0.1) is 6.92 Å². The normalized spacial score (nSPS) is 17.6. The molecular weight excluding hydrogens is 350 g/mol. The highest BCUT2D eigenvalue weighted by molar-refractivity contribution is 5.88. The smallest absolute Gasteiger partial charge is 0.237 e. The van der Waals surface area contributed by atoms with Crippen LogP contribution in [0.3, 0.4) is 0 Å². The van der Waals surface area contributed by atoms with Crippen molar-refractivity contribution in [1.29, 1.82) is 0 Å². The maximum absolute atomic E-state index is 12.3. The molecule has 0 aliphatic carbocycles. The summed E-state index contributed by atoms with van der Waals surface area (Å²) in [7, 11) is 1.78. The summed E-state index contributed by atoms with van der Waals surface area (Å²) < 4.78 is 7.22. The molecule has 10 heteroatoms. The molecule has 1 atom stereocenters. The highest BCUT2D eigenvalue weighted by Gasteiger charge is 2.32. The third-order valence-electron chi connectivity index (χ3n) is 4.42. The van der Waals surface area contributed by atoms with Gasteiger partial charge in [0.25, 0.3) is 0 Å². The molecule has 27 heavy (non-hydrogen) atoms. The van der Waals surface area contributed by atoms with Crippen LogP contribution in [-0.2, 0) is 23.2 Å².